The van der Waals surface area contributed by atoms with Gasteiger partial charge in [0.25, 0.3) is 5.60 Å². The molecule has 0 atom stereocenters. The van der Waals surface area contributed by atoms with E-state index in [1.807, 2.05) is 0 Å². The number of rotatable bonds is 8. The Bertz CT molecular complexity index is 1670. The Labute approximate surface area is 216 Å². The number of H-pyrrole nitrogens is 1. The van der Waals surface area contributed by atoms with E-state index in [0.717, 1.165) is 5.56 Å². The molecule has 5 rings (SSSR count). The van der Waals surface area contributed by atoms with Crippen LogP contribution in [0.3, 0.4) is 0 Å². The summed E-state index contributed by atoms with van der Waals surface area (Å²) in [6.07, 6.45) is -0.355. The first-order valence-corrected chi connectivity index (χ1v) is 11.8. The second kappa shape index (κ2) is 9.37. The van der Waals surface area contributed by atoms with Crippen molar-refractivity contribution in [1.29, 1.82) is 0 Å². The SMILES string of the molecule is Cc1ccccc1CC(OCc1[nH]nc2cc(-n3nnc4c(F)cc(Br)cc43)ccc12)(C(=O)O)C(=O)O. The highest BCUT2D eigenvalue weighted by Gasteiger charge is 2.48. The molecule has 0 spiro atoms. The zero-order chi connectivity index (χ0) is 26.3. The number of fused-ring (bicyclic) bond motifs is 2. The lowest BCUT2D eigenvalue weighted by Gasteiger charge is -2.26. The molecule has 5 aromatic rings. The predicted octanol–water partition coefficient (Wildman–Crippen LogP) is 4.17. The number of carboxylic acid groups (broad SMARTS) is 2. The van der Waals surface area contributed by atoms with Crippen molar-refractivity contribution in [3.05, 3.63) is 81.7 Å². The van der Waals surface area contributed by atoms with Crippen molar-refractivity contribution in [2.45, 2.75) is 25.6 Å². The van der Waals surface area contributed by atoms with Crippen LogP contribution in [0.25, 0.3) is 27.6 Å². The third-order valence-electron chi connectivity index (χ3n) is 6.19. The minimum absolute atomic E-state index is 0.117. The molecule has 0 fully saturated rings. The quantitative estimate of drug-likeness (QED) is 0.237. The Morgan fingerprint density at radius 1 is 1.14 bits per heavy atom. The summed E-state index contributed by atoms with van der Waals surface area (Å²) in [5.74, 6) is -3.72. The minimum atomic E-state index is -2.50. The number of hydrogen-bond donors (Lipinski definition) is 3. The van der Waals surface area contributed by atoms with E-state index >= 15 is 0 Å². The molecule has 0 bridgehead atoms. The lowest BCUT2D eigenvalue weighted by molar-refractivity contribution is -0.185. The summed E-state index contributed by atoms with van der Waals surface area (Å²) in [6.45, 7) is 1.43. The van der Waals surface area contributed by atoms with Crippen LogP contribution in [0.2, 0.25) is 0 Å². The summed E-state index contributed by atoms with van der Waals surface area (Å²) in [5.41, 5.74) is 0.832. The molecule has 12 heteroatoms. The highest BCUT2D eigenvalue weighted by molar-refractivity contribution is 9.10. The summed E-state index contributed by atoms with van der Waals surface area (Å²) < 4.78 is 21.8. The zero-order valence-corrected chi connectivity index (χ0v) is 20.9. The zero-order valence-electron chi connectivity index (χ0n) is 19.3. The third kappa shape index (κ3) is 4.34. The molecule has 0 radical (unpaired) electrons. The molecule has 0 aliphatic rings. The number of ether oxygens (including phenoxy) is 1. The number of carboxylic acids is 2. The van der Waals surface area contributed by atoms with E-state index < -0.39 is 23.4 Å². The van der Waals surface area contributed by atoms with Gasteiger partial charge < -0.3 is 14.9 Å². The predicted molar refractivity (Wildman–Crippen MR) is 134 cm³/mol. The van der Waals surface area contributed by atoms with Gasteiger partial charge in [0.1, 0.15) is 5.52 Å². The maximum absolute atomic E-state index is 14.2. The first kappa shape index (κ1) is 24.5. The summed E-state index contributed by atoms with van der Waals surface area (Å²) in [5, 5.41) is 35.4. The summed E-state index contributed by atoms with van der Waals surface area (Å²) in [6, 6.07) is 15.0. The van der Waals surface area contributed by atoms with Gasteiger partial charge >= 0.3 is 11.9 Å². The molecule has 0 aliphatic carbocycles. The highest BCUT2D eigenvalue weighted by atomic mass is 79.9. The first-order chi connectivity index (χ1) is 17.7. The number of benzene rings is 3. The number of halogens is 2. The van der Waals surface area contributed by atoms with E-state index in [9.17, 15) is 24.2 Å². The van der Waals surface area contributed by atoms with Gasteiger partial charge in [0, 0.05) is 16.3 Å². The average Bonchev–Trinajstić information content (AvgIpc) is 3.46. The van der Waals surface area contributed by atoms with Gasteiger partial charge in [-0.15, -0.1) is 5.10 Å². The van der Waals surface area contributed by atoms with Crippen LogP contribution in [0, 0.1) is 12.7 Å². The smallest absolute Gasteiger partial charge is 0.348 e. The second-order valence-corrected chi connectivity index (χ2v) is 9.41. The van der Waals surface area contributed by atoms with Crippen LogP contribution in [-0.4, -0.2) is 52.9 Å². The number of nitrogens with zero attached hydrogens (tertiary/aromatic N) is 4. The van der Waals surface area contributed by atoms with Crippen molar-refractivity contribution in [2.75, 3.05) is 0 Å². The van der Waals surface area contributed by atoms with E-state index in [1.54, 1.807) is 55.5 Å². The number of aromatic amines is 1. The molecular formula is C25H19BrFN5O5. The molecule has 188 valence electrons. The molecule has 37 heavy (non-hydrogen) atoms. The van der Waals surface area contributed by atoms with E-state index in [2.05, 4.69) is 36.4 Å². The van der Waals surface area contributed by atoms with Crippen LogP contribution < -0.4 is 0 Å². The van der Waals surface area contributed by atoms with Crippen LogP contribution in [0.5, 0.6) is 0 Å². The van der Waals surface area contributed by atoms with Crippen molar-refractivity contribution in [3.8, 4) is 5.69 Å². The normalized spacial score (nSPS) is 11.9. The number of aliphatic carboxylic acids is 2. The Morgan fingerprint density at radius 3 is 2.62 bits per heavy atom. The van der Waals surface area contributed by atoms with Gasteiger partial charge in [-0.25, -0.2) is 18.7 Å². The summed E-state index contributed by atoms with van der Waals surface area (Å²) in [7, 11) is 0. The largest absolute Gasteiger partial charge is 0.479 e. The van der Waals surface area contributed by atoms with Gasteiger partial charge in [-0.3, -0.25) is 5.10 Å². The van der Waals surface area contributed by atoms with Crippen molar-refractivity contribution in [3.63, 3.8) is 0 Å². The monoisotopic (exact) mass is 567 g/mol. The first-order valence-electron chi connectivity index (χ1n) is 11.0. The average molecular weight is 568 g/mol. The van der Waals surface area contributed by atoms with Gasteiger partial charge in [-0.1, -0.05) is 45.4 Å². The molecule has 0 saturated heterocycles. The Balaban J connectivity index is 1.46. The lowest BCUT2D eigenvalue weighted by Crippen LogP contribution is -2.51. The summed E-state index contributed by atoms with van der Waals surface area (Å²) >= 11 is 3.27. The molecule has 2 heterocycles. The van der Waals surface area contributed by atoms with E-state index in [1.165, 1.54) is 10.7 Å². The fourth-order valence-electron chi connectivity index (χ4n) is 4.13. The molecule has 3 aromatic carbocycles. The molecule has 0 saturated carbocycles. The number of aromatic nitrogens is 5. The number of carbonyl (C=O) groups is 2. The van der Waals surface area contributed by atoms with Crippen LogP contribution in [0.15, 0.2) is 59.1 Å². The van der Waals surface area contributed by atoms with Crippen LogP contribution in [0.1, 0.15) is 16.8 Å². The van der Waals surface area contributed by atoms with Gasteiger partial charge in [0.15, 0.2) is 5.82 Å². The third-order valence-corrected chi connectivity index (χ3v) is 6.65. The fourth-order valence-corrected chi connectivity index (χ4v) is 4.55. The Kier molecular flexibility index (Phi) is 6.21. The molecular weight excluding hydrogens is 549 g/mol. The molecule has 10 nitrogen and oxygen atoms in total. The fraction of sp³-hybridized carbons (Fsp3) is 0.160. The summed E-state index contributed by atoms with van der Waals surface area (Å²) in [4.78, 5) is 24.3. The van der Waals surface area contributed by atoms with Crippen molar-refractivity contribution < 1.29 is 28.9 Å². The van der Waals surface area contributed by atoms with Gasteiger partial charge in [0.05, 0.1) is 29.0 Å². The van der Waals surface area contributed by atoms with Gasteiger partial charge in [-0.2, -0.15) is 5.10 Å². The second-order valence-electron chi connectivity index (χ2n) is 8.49. The molecule has 0 amide bonds. The molecule has 0 aliphatic heterocycles. The molecule has 3 N–H and O–H groups in total. The number of nitrogens with one attached hydrogen (secondary N) is 1. The van der Waals surface area contributed by atoms with E-state index in [4.69, 9.17) is 4.74 Å². The van der Waals surface area contributed by atoms with Gasteiger partial charge in [0.2, 0.25) is 0 Å². The van der Waals surface area contributed by atoms with Gasteiger partial charge in [-0.05, 0) is 48.4 Å². The van der Waals surface area contributed by atoms with Crippen LogP contribution in [0.4, 0.5) is 4.39 Å². The Hall–Kier alpha value is -4.16. The number of hydrogen-bond acceptors (Lipinski definition) is 6. The highest BCUT2D eigenvalue weighted by Crippen LogP contribution is 2.28. The Morgan fingerprint density at radius 2 is 1.89 bits per heavy atom. The van der Waals surface area contributed by atoms with Crippen LogP contribution in [-0.2, 0) is 27.4 Å². The van der Waals surface area contributed by atoms with Crippen molar-refractivity contribution >= 4 is 49.8 Å². The maximum atomic E-state index is 14.2. The molecule has 0 unspecified atom stereocenters. The topological polar surface area (TPSA) is 143 Å². The number of aryl methyl sites for hydroxylation is 1. The van der Waals surface area contributed by atoms with E-state index in [0.29, 0.717) is 37.8 Å². The van der Waals surface area contributed by atoms with Crippen LogP contribution >= 0.6 is 15.9 Å². The standard InChI is InChI=1S/C25H19BrFN5O5/c1-13-4-2-3-5-14(13)11-25(23(33)34,24(35)36)37-12-20-17-7-6-16(10-19(17)28-29-20)32-21-9-15(26)8-18(27)22(21)30-31-32/h2-10H,11-12H2,1H3,(H,28,29)(H,33,34)(H,35,36). The van der Waals surface area contributed by atoms with E-state index in [-0.39, 0.29) is 18.5 Å². The maximum Gasteiger partial charge on any atom is 0.348 e. The minimum Gasteiger partial charge on any atom is -0.479 e. The van der Waals surface area contributed by atoms with Crippen molar-refractivity contribution in [2.24, 2.45) is 0 Å². The molecule has 2 aromatic heterocycles. The van der Waals surface area contributed by atoms with Crippen molar-refractivity contribution in [1.82, 2.24) is 25.2 Å². The lowest BCUT2D eigenvalue weighted by atomic mass is 9.92.